The van der Waals surface area contributed by atoms with Crippen molar-refractivity contribution in [2.24, 2.45) is 11.3 Å². The molecule has 0 saturated carbocycles. The highest BCUT2D eigenvalue weighted by atomic mass is 16.4. The lowest BCUT2D eigenvalue weighted by atomic mass is 9.76. The maximum Gasteiger partial charge on any atom is 0.321 e. The summed E-state index contributed by atoms with van der Waals surface area (Å²) in [5.74, 6) is -0.528. The second kappa shape index (κ2) is 6.57. The van der Waals surface area contributed by atoms with Crippen LogP contribution in [-0.2, 0) is 9.59 Å². The van der Waals surface area contributed by atoms with Gasteiger partial charge in [-0.1, -0.05) is 27.7 Å². The van der Waals surface area contributed by atoms with Crippen molar-refractivity contribution in [3.05, 3.63) is 0 Å². The molecular formula is C15H28N2O3. The molecule has 5 heteroatoms. The first-order chi connectivity index (χ1) is 9.16. The fourth-order valence-electron chi connectivity index (χ4n) is 2.93. The Morgan fingerprint density at radius 3 is 2.45 bits per heavy atom. The molecule has 0 bridgehead atoms. The molecule has 20 heavy (non-hydrogen) atoms. The number of amides is 1. The minimum absolute atomic E-state index is 0.0809. The summed E-state index contributed by atoms with van der Waals surface area (Å²) in [6, 6.07) is -1.01. The van der Waals surface area contributed by atoms with E-state index in [1.54, 1.807) is 6.92 Å². The number of aliphatic carboxylic acids is 1. The first kappa shape index (κ1) is 17.0. The maximum absolute atomic E-state index is 12.2. The fourth-order valence-corrected chi connectivity index (χ4v) is 2.93. The number of hydrogen-bond acceptors (Lipinski definition) is 3. The van der Waals surface area contributed by atoms with Crippen LogP contribution in [0.25, 0.3) is 0 Å². The van der Waals surface area contributed by atoms with Gasteiger partial charge in [-0.05, 0) is 37.6 Å². The molecule has 0 radical (unpaired) electrons. The Kier molecular flexibility index (Phi) is 5.57. The zero-order chi connectivity index (χ0) is 15.5. The van der Waals surface area contributed by atoms with Crippen LogP contribution >= 0.6 is 0 Å². The quantitative estimate of drug-likeness (QED) is 0.806. The number of likely N-dealkylation sites (tertiary alicyclic amines) is 1. The molecule has 1 fully saturated rings. The molecule has 1 aliphatic heterocycles. The molecule has 0 aliphatic carbocycles. The molecule has 0 aromatic rings. The van der Waals surface area contributed by atoms with E-state index in [4.69, 9.17) is 0 Å². The summed E-state index contributed by atoms with van der Waals surface area (Å²) in [6.45, 7) is 11.1. The van der Waals surface area contributed by atoms with Crippen LogP contribution in [0.15, 0.2) is 0 Å². The normalized spacial score (nSPS) is 24.4. The lowest BCUT2D eigenvalue weighted by molar-refractivity contribution is -0.154. The molecule has 2 unspecified atom stereocenters. The highest BCUT2D eigenvalue weighted by Crippen LogP contribution is 2.36. The molecule has 1 heterocycles. The summed E-state index contributed by atoms with van der Waals surface area (Å²) in [6.07, 6.45) is 1.80. The smallest absolute Gasteiger partial charge is 0.321 e. The van der Waals surface area contributed by atoms with Crippen molar-refractivity contribution in [3.63, 3.8) is 0 Å². The van der Waals surface area contributed by atoms with E-state index in [1.807, 2.05) is 32.6 Å². The number of nitrogens with zero attached hydrogens (tertiary/aromatic N) is 1. The summed E-state index contributed by atoms with van der Waals surface area (Å²) in [5.41, 5.74) is -0.309. The molecule has 0 aromatic heterocycles. The maximum atomic E-state index is 12.2. The fraction of sp³-hybridized carbons (Fsp3) is 0.867. The van der Waals surface area contributed by atoms with Crippen LogP contribution in [0.1, 0.15) is 47.5 Å². The van der Waals surface area contributed by atoms with Crippen molar-refractivity contribution in [1.29, 1.82) is 0 Å². The van der Waals surface area contributed by atoms with E-state index < -0.39 is 18.1 Å². The van der Waals surface area contributed by atoms with Gasteiger partial charge in [0.2, 0.25) is 5.91 Å². The Bertz CT molecular complexity index is 366. The van der Waals surface area contributed by atoms with Gasteiger partial charge in [-0.2, -0.15) is 0 Å². The SMILES string of the molecule is CC(C)CNC(=O)C(C)N1CCCC(C)(C)C1C(=O)O. The molecule has 1 rings (SSSR count). The first-order valence-corrected chi connectivity index (χ1v) is 7.43. The summed E-state index contributed by atoms with van der Waals surface area (Å²) < 4.78 is 0. The van der Waals surface area contributed by atoms with Crippen molar-refractivity contribution < 1.29 is 14.7 Å². The molecule has 1 amide bonds. The van der Waals surface area contributed by atoms with Crippen molar-refractivity contribution >= 4 is 11.9 Å². The number of carbonyl (C=O) groups is 2. The van der Waals surface area contributed by atoms with Gasteiger partial charge in [-0.15, -0.1) is 0 Å². The lowest BCUT2D eigenvalue weighted by Gasteiger charge is -2.46. The zero-order valence-corrected chi connectivity index (χ0v) is 13.3. The van der Waals surface area contributed by atoms with E-state index in [2.05, 4.69) is 5.32 Å². The topological polar surface area (TPSA) is 69.6 Å². The minimum atomic E-state index is -0.835. The molecule has 0 aromatic carbocycles. The van der Waals surface area contributed by atoms with Crippen molar-refractivity contribution in [1.82, 2.24) is 10.2 Å². The van der Waals surface area contributed by atoms with Crippen molar-refractivity contribution in [3.8, 4) is 0 Å². The monoisotopic (exact) mass is 284 g/mol. The molecule has 0 spiro atoms. The Hall–Kier alpha value is -1.10. The first-order valence-electron chi connectivity index (χ1n) is 7.43. The van der Waals surface area contributed by atoms with E-state index in [0.717, 1.165) is 12.8 Å². The summed E-state index contributed by atoms with van der Waals surface area (Å²) in [4.78, 5) is 25.6. The summed E-state index contributed by atoms with van der Waals surface area (Å²) >= 11 is 0. The standard InChI is InChI=1S/C15H28N2O3/c1-10(2)9-16-13(18)11(3)17-8-6-7-15(4,5)12(17)14(19)20/h10-12H,6-9H2,1-5H3,(H,16,18)(H,19,20). The number of rotatable bonds is 5. The number of hydrogen-bond donors (Lipinski definition) is 2. The van der Waals surface area contributed by atoms with Crippen LogP contribution in [0.5, 0.6) is 0 Å². The Labute approximate surface area is 121 Å². The number of carboxylic acids is 1. The second-order valence-corrected chi connectivity index (χ2v) is 6.89. The lowest BCUT2D eigenvalue weighted by Crippen LogP contribution is -2.60. The van der Waals surface area contributed by atoms with E-state index in [1.165, 1.54) is 0 Å². The van der Waals surface area contributed by atoms with Crippen LogP contribution in [0.3, 0.4) is 0 Å². The molecule has 5 nitrogen and oxygen atoms in total. The van der Waals surface area contributed by atoms with Gasteiger partial charge in [0, 0.05) is 6.54 Å². The largest absolute Gasteiger partial charge is 0.480 e. The van der Waals surface area contributed by atoms with Crippen molar-refractivity contribution in [2.75, 3.05) is 13.1 Å². The van der Waals surface area contributed by atoms with Gasteiger partial charge in [-0.25, -0.2) is 0 Å². The number of carbonyl (C=O) groups excluding carboxylic acids is 1. The number of piperidine rings is 1. The Morgan fingerprint density at radius 1 is 1.35 bits per heavy atom. The molecule has 1 saturated heterocycles. The predicted octanol–water partition coefficient (Wildman–Crippen LogP) is 1.72. The highest BCUT2D eigenvalue weighted by Gasteiger charge is 2.45. The predicted molar refractivity (Wildman–Crippen MR) is 78.5 cm³/mol. The average molecular weight is 284 g/mol. The van der Waals surface area contributed by atoms with Gasteiger partial charge in [0.1, 0.15) is 6.04 Å². The van der Waals surface area contributed by atoms with Gasteiger partial charge in [0.05, 0.1) is 6.04 Å². The van der Waals surface area contributed by atoms with Crippen molar-refractivity contribution in [2.45, 2.75) is 59.5 Å². The van der Waals surface area contributed by atoms with Crippen LogP contribution in [0, 0.1) is 11.3 Å². The third-order valence-electron chi connectivity index (χ3n) is 4.10. The van der Waals surface area contributed by atoms with E-state index >= 15 is 0 Å². The third kappa shape index (κ3) is 3.95. The minimum Gasteiger partial charge on any atom is -0.480 e. The van der Waals surface area contributed by atoms with Gasteiger partial charge in [-0.3, -0.25) is 14.5 Å². The second-order valence-electron chi connectivity index (χ2n) is 6.89. The highest BCUT2D eigenvalue weighted by molar-refractivity contribution is 5.83. The number of carboxylic acid groups (broad SMARTS) is 1. The zero-order valence-electron chi connectivity index (χ0n) is 13.3. The van der Waals surface area contributed by atoms with Crippen LogP contribution in [-0.4, -0.2) is 47.1 Å². The average Bonchev–Trinajstić information content (AvgIpc) is 2.32. The van der Waals surface area contributed by atoms with E-state index in [0.29, 0.717) is 19.0 Å². The van der Waals surface area contributed by atoms with Gasteiger partial charge >= 0.3 is 5.97 Å². The Morgan fingerprint density at radius 2 is 1.95 bits per heavy atom. The van der Waals surface area contributed by atoms with Gasteiger partial charge < -0.3 is 10.4 Å². The molecule has 2 atom stereocenters. The van der Waals surface area contributed by atoms with Gasteiger partial charge in [0.15, 0.2) is 0 Å². The van der Waals surface area contributed by atoms with Crippen LogP contribution < -0.4 is 5.32 Å². The Balaban J connectivity index is 2.80. The summed E-state index contributed by atoms with van der Waals surface area (Å²) in [7, 11) is 0. The van der Waals surface area contributed by atoms with E-state index in [-0.39, 0.29) is 11.3 Å². The van der Waals surface area contributed by atoms with E-state index in [9.17, 15) is 14.7 Å². The third-order valence-corrected chi connectivity index (χ3v) is 4.10. The van der Waals surface area contributed by atoms with Crippen LogP contribution in [0.2, 0.25) is 0 Å². The molecule has 1 aliphatic rings. The van der Waals surface area contributed by atoms with Crippen LogP contribution in [0.4, 0.5) is 0 Å². The summed E-state index contributed by atoms with van der Waals surface area (Å²) in [5, 5.41) is 12.4. The molecule has 2 N–H and O–H groups in total. The number of nitrogens with one attached hydrogen (secondary N) is 1. The van der Waals surface area contributed by atoms with Gasteiger partial charge in [0.25, 0.3) is 0 Å². The molecular weight excluding hydrogens is 256 g/mol. The molecule has 116 valence electrons.